The maximum atomic E-state index is 11.1. The van der Waals surface area contributed by atoms with Gasteiger partial charge in [-0.3, -0.25) is 0 Å². The molecule has 0 N–H and O–H groups in total. The summed E-state index contributed by atoms with van der Waals surface area (Å²) in [6.07, 6.45) is 5.35. The third-order valence-corrected chi connectivity index (χ3v) is 2.33. The predicted octanol–water partition coefficient (Wildman–Crippen LogP) is 2.93. The van der Waals surface area contributed by atoms with Gasteiger partial charge in [-0.2, -0.15) is 0 Å². The molecule has 0 aliphatic carbocycles. The van der Waals surface area contributed by atoms with Crippen molar-refractivity contribution < 1.29 is 9.53 Å². The maximum Gasteiger partial charge on any atom is 0.331 e. The molecule has 0 atom stereocenters. The molecule has 0 amide bonds. The molecule has 14 heavy (non-hydrogen) atoms. The van der Waals surface area contributed by atoms with E-state index in [2.05, 4.69) is 27.7 Å². The van der Waals surface area contributed by atoms with Gasteiger partial charge in [-0.15, -0.1) is 0 Å². The molecule has 0 unspecified atom stereocenters. The average molecular weight is 196 g/mol. The average Bonchev–Trinajstić information content (AvgIpc) is 2.28. The summed E-state index contributed by atoms with van der Waals surface area (Å²) in [5.41, 5.74) is -0.320. The van der Waals surface area contributed by atoms with Crippen LogP contribution in [-0.4, -0.2) is 11.6 Å². The summed E-state index contributed by atoms with van der Waals surface area (Å²) in [7, 11) is 0. The molecule has 1 rings (SSSR count). The topological polar surface area (TPSA) is 26.3 Å². The molecule has 0 aromatic rings. The van der Waals surface area contributed by atoms with E-state index in [1.54, 1.807) is 6.08 Å². The largest absolute Gasteiger partial charge is 0.452 e. The number of hydrogen-bond donors (Lipinski definition) is 0. The summed E-state index contributed by atoms with van der Waals surface area (Å²) in [5.74, 6) is 0.903. The lowest BCUT2D eigenvalue weighted by Crippen LogP contribution is -2.31. The van der Waals surface area contributed by atoms with Crippen molar-refractivity contribution in [2.75, 3.05) is 0 Å². The standard InChI is InChI=1S/C12H20O2/c1-9(2)7-12(8-10(3)4)6-5-11(13)14-12/h5-6,9-10H,7-8H2,1-4H3. The van der Waals surface area contributed by atoms with Crippen molar-refractivity contribution in [2.45, 2.75) is 46.1 Å². The number of cyclic esters (lactones) is 1. The van der Waals surface area contributed by atoms with E-state index in [4.69, 9.17) is 4.74 Å². The Bertz CT molecular complexity index is 229. The highest BCUT2D eigenvalue weighted by atomic mass is 16.6. The van der Waals surface area contributed by atoms with E-state index in [0.29, 0.717) is 11.8 Å². The Morgan fingerprint density at radius 3 is 2.00 bits per heavy atom. The molecule has 0 spiro atoms. The first-order valence-corrected chi connectivity index (χ1v) is 5.36. The van der Waals surface area contributed by atoms with Crippen molar-refractivity contribution in [1.82, 2.24) is 0 Å². The van der Waals surface area contributed by atoms with Crippen molar-refractivity contribution in [3.63, 3.8) is 0 Å². The van der Waals surface area contributed by atoms with Crippen LogP contribution >= 0.6 is 0 Å². The monoisotopic (exact) mass is 196 g/mol. The fourth-order valence-electron chi connectivity index (χ4n) is 2.17. The highest BCUT2D eigenvalue weighted by molar-refractivity contribution is 5.85. The maximum absolute atomic E-state index is 11.1. The lowest BCUT2D eigenvalue weighted by molar-refractivity contribution is -0.147. The Balaban J connectivity index is 2.71. The van der Waals surface area contributed by atoms with Crippen LogP contribution < -0.4 is 0 Å². The van der Waals surface area contributed by atoms with Gasteiger partial charge in [-0.25, -0.2) is 4.79 Å². The molecule has 0 bridgehead atoms. The molecule has 80 valence electrons. The normalized spacial score (nSPS) is 19.4. The molecule has 0 radical (unpaired) electrons. The van der Waals surface area contributed by atoms with Crippen LogP contribution in [0.1, 0.15) is 40.5 Å². The molecule has 1 aliphatic heterocycles. The number of hydrogen-bond acceptors (Lipinski definition) is 2. The quantitative estimate of drug-likeness (QED) is 0.646. The minimum atomic E-state index is -0.320. The van der Waals surface area contributed by atoms with E-state index in [-0.39, 0.29) is 11.6 Å². The first kappa shape index (κ1) is 11.3. The zero-order valence-electron chi connectivity index (χ0n) is 9.54. The summed E-state index contributed by atoms with van der Waals surface area (Å²) >= 11 is 0. The molecule has 0 aromatic heterocycles. The Kier molecular flexibility index (Phi) is 3.35. The molecule has 1 heterocycles. The number of esters is 1. The molecule has 2 heteroatoms. The van der Waals surface area contributed by atoms with E-state index in [1.165, 1.54) is 0 Å². The first-order valence-electron chi connectivity index (χ1n) is 5.36. The second kappa shape index (κ2) is 4.16. The van der Waals surface area contributed by atoms with Crippen molar-refractivity contribution in [2.24, 2.45) is 11.8 Å². The number of rotatable bonds is 4. The van der Waals surface area contributed by atoms with Gasteiger partial charge in [0.15, 0.2) is 0 Å². The summed E-state index contributed by atoms with van der Waals surface area (Å²) in [6, 6.07) is 0. The minimum absolute atomic E-state index is 0.189. The smallest absolute Gasteiger partial charge is 0.331 e. The van der Waals surface area contributed by atoms with Crippen molar-refractivity contribution in [3.05, 3.63) is 12.2 Å². The lowest BCUT2D eigenvalue weighted by Gasteiger charge is -2.30. The van der Waals surface area contributed by atoms with Crippen molar-refractivity contribution >= 4 is 5.97 Å². The zero-order chi connectivity index (χ0) is 10.8. The highest BCUT2D eigenvalue weighted by Crippen LogP contribution is 2.33. The third kappa shape index (κ3) is 2.86. The van der Waals surface area contributed by atoms with E-state index in [0.717, 1.165) is 12.8 Å². The first-order chi connectivity index (χ1) is 6.43. The Morgan fingerprint density at radius 1 is 1.21 bits per heavy atom. The van der Waals surface area contributed by atoms with Gasteiger partial charge in [-0.1, -0.05) is 27.7 Å². The second-order valence-corrected chi connectivity index (χ2v) is 5.02. The minimum Gasteiger partial charge on any atom is -0.452 e. The lowest BCUT2D eigenvalue weighted by atomic mass is 9.85. The van der Waals surface area contributed by atoms with E-state index >= 15 is 0 Å². The molecule has 0 saturated carbocycles. The molecule has 1 aliphatic rings. The van der Waals surface area contributed by atoms with Crippen LogP contribution in [0.4, 0.5) is 0 Å². The fourth-order valence-corrected chi connectivity index (χ4v) is 2.17. The van der Waals surface area contributed by atoms with Crippen LogP contribution in [0, 0.1) is 11.8 Å². The summed E-state index contributed by atoms with van der Waals surface area (Å²) in [5, 5.41) is 0. The van der Waals surface area contributed by atoms with Gasteiger partial charge in [0.1, 0.15) is 5.60 Å². The van der Waals surface area contributed by atoms with E-state index < -0.39 is 0 Å². The fraction of sp³-hybridized carbons (Fsp3) is 0.750. The second-order valence-electron chi connectivity index (χ2n) is 5.02. The Morgan fingerprint density at radius 2 is 1.71 bits per heavy atom. The highest BCUT2D eigenvalue weighted by Gasteiger charge is 2.36. The molecule has 0 saturated heterocycles. The molecule has 2 nitrogen and oxygen atoms in total. The van der Waals surface area contributed by atoms with Gasteiger partial charge in [-0.05, 0) is 30.8 Å². The van der Waals surface area contributed by atoms with Gasteiger partial charge >= 0.3 is 5.97 Å². The van der Waals surface area contributed by atoms with Gasteiger partial charge in [0.05, 0.1) is 0 Å². The predicted molar refractivity (Wildman–Crippen MR) is 56.9 cm³/mol. The number of ether oxygens (including phenoxy) is 1. The van der Waals surface area contributed by atoms with E-state index in [9.17, 15) is 4.79 Å². The van der Waals surface area contributed by atoms with Gasteiger partial charge < -0.3 is 4.74 Å². The van der Waals surface area contributed by atoms with Crippen molar-refractivity contribution in [3.8, 4) is 0 Å². The van der Waals surface area contributed by atoms with Gasteiger partial charge in [0.25, 0.3) is 0 Å². The van der Waals surface area contributed by atoms with Crippen LogP contribution in [0.2, 0.25) is 0 Å². The molecule has 0 aromatic carbocycles. The van der Waals surface area contributed by atoms with E-state index in [1.807, 2.05) is 6.08 Å². The zero-order valence-corrected chi connectivity index (χ0v) is 9.54. The summed E-state index contributed by atoms with van der Waals surface area (Å²) in [4.78, 5) is 11.1. The van der Waals surface area contributed by atoms with Gasteiger partial charge in [0, 0.05) is 6.08 Å². The Hall–Kier alpha value is -0.790. The number of carbonyl (C=O) groups excluding carboxylic acids is 1. The summed E-state index contributed by atoms with van der Waals surface area (Å²) < 4.78 is 5.42. The van der Waals surface area contributed by atoms with Crippen LogP contribution in [0.5, 0.6) is 0 Å². The third-order valence-electron chi connectivity index (χ3n) is 2.33. The SMILES string of the molecule is CC(C)CC1(CC(C)C)C=CC(=O)O1. The van der Waals surface area contributed by atoms with Crippen LogP contribution in [0.25, 0.3) is 0 Å². The number of carbonyl (C=O) groups is 1. The van der Waals surface area contributed by atoms with Crippen molar-refractivity contribution in [1.29, 1.82) is 0 Å². The molecular weight excluding hydrogens is 176 g/mol. The Labute approximate surface area is 86.3 Å². The van der Waals surface area contributed by atoms with Gasteiger partial charge in [0.2, 0.25) is 0 Å². The van der Waals surface area contributed by atoms with Crippen LogP contribution in [-0.2, 0) is 9.53 Å². The van der Waals surface area contributed by atoms with Crippen LogP contribution in [0.15, 0.2) is 12.2 Å². The molecular formula is C12H20O2. The van der Waals surface area contributed by atoms with Crippen LogP contribution in [0.3, 0.4) is 0 Å². The summed E-state index contributed by atoms with van der Waals surface area (Å²) in [6.45, 7) is 8.62. The molecule has 0 fully saturated rings.